The van der Waals surface area contributed by atoms with Gasteiger partial charge >= 0.3 is 0 Å². The fraction of sp³-hybridized carbons (Fsp3) is 0.500. The van der Waals surface area contributed by atoms with Crippen molar-refractivity contribution in [1.82, 2.24) is 10.0 Å². The number of hydrogen-bond acceptors (Lipinski definition) is 3. The molecule has 1 rings (SSSR count). The fourth-order valence-electron chi connectivity index (χ4n) is 1.57. The highest BCUT2D eigenvalue weighted by Crippen LogP contribution is 2.23. The van der Waals surface area contributed by atoms with E-state index in [0.29, 0.717) is 18.0 Å². The molecular formula is C12H20BrClN2O2S. The number of aryl methyl sites for hydroxylation is 2. The van der Waals surface area contributed by atoms with E-state index in [2.05, 4.69) is 26.0 Å². The van der Waals surface area contributed by atoms with Gasteiger partial charge in [-0.3, -0.25) is 0 Å². The maximum Gasteiger partial charge on any atom is 0.240 e. The predicted octanol–water partition coefficient (Wildman–Crippen LogP) is 2.38. The molecule has 19 heavy (non-hydrogen) atoms. The van der Waals surface area contributed by atoms with Crippen molar-refractivity contribution in [2.75, 3.05) is 19.6 Å². The molecule has 110 valence electrons. The van der Waals surface area contributed by atoms with Crippen molar-refractivity contribution in [2.45, 2.75) is 25.7 Å². The number of benzene rings is 1. The fourth-order valence-corrected chi connectivity index (χ4v) is 3.37. The van der Waals surface area contributed by atoms with E-state index in [1.807, 2.05) is 19.9 Å². The van der Waals surface area contributed by atoms with Crippen LogP contribution in [0.15, 0.2) is 21.5 Å². The number of halogens is 2. The first-order valence-corrected chi connectivity index (χ1v) is 8.13. The van der Waals surface area contributed by atoms with Crippen LogP contribution in [-0.4, -0.2) is 28.1 Å². The topological polar surface area (TPSA) is 58.2 Å². The summed E-state index contributed by atoms with van der Waals surface area (Å²) in [5.74, 6) is 0. The van der Waals surface area contributed by atoms with Crippen molar-refractivity contribution in [3.63, 3.8) is 0 Å². The summed E-state index contributed by atoms with van der Waals surface area (Å²) in [5.41, 5.74) is 1.65. The van der Waals surface area contributed by atoms with Crippen LogP contribution in [0.4, 0.5) is 0 Å². The molecule has 0 aliphatic heterocycles. The summed E-state index contributed by atoms with van der Waals surface area (Å²) in [5, 5.41) is 3.07. The molecule has 1 aromatic rings. The number of sulfonamides is 1. The molecule has 0 aromatic heterocycles. The Morgan fingerprint density at radius 2 is 1.79 bits per heavy atom. The Morgan fingerprint density at radius 3 is 2.37 bits per heavy atom. The minimum absolute atomic E-state index is 0. The molecule has 0 amide bonds. The molecule has 0 fully saturated rings. The van der Waals surface area contributed by atoms with Crippen LogP contribution in [0, 0.1) is 13.8 Å². The Labute approximate surface area is 130 Å². The number of likely N-dealkylation sites (N-methyl/N-ethyl adjacent to an activating group) is 1. The van der Waals surface area contributed by atoms with E-state index in [1.165, 1.54) is 0 Å². The smallest absolute Gasteiger partial charge is 0.240 e. The average Bonchev–Trinajstić information content (AvgIpc) is 2.29. The summed E-state index contributed by atoms with van der Waals surface area (Å²) in [6, 6.07) is 3.52. The van der Waals surface area contributed by atoms with Crippen molar-refractivity contribution in [2.24, 2.45) is 0 Å². The third-order valence-corrected chi connectivity index (χ3v) is 5.05. The van der Waals surface area contributed by atoms with Gasteiger partial charge in [-0.1, -0.05) is 22.9 Å². The molecule has 0 atom stereocenters. The van der Waals surface area contributed by atoms with Crippen molar-refractivity contribution in [1.29, 1.82) is 0 Å². The minimum atomic E-state index is -3.42. The van der Waals surface area contributed by atoms with Crippen molar-refractivity contribution in [3.05, 3.63) is 27.7 Å². The van der Waals surface area contributed by atoms with Crippen LogP contribution in [0.25, 0.3) is 0 Å². The zero-order valence-electron chi connectivity index (χ0n) is 11.3. The SMILES string of the molecule is CCNCCNS(=O)(=O)c1cc(C)c(Br)cc1C.Cl. The summed E-state index contributed by atoms with van der Waals surface area (Å²) in [4.78, 5) is 0.347. The molecular weight excluding hydrogens is 352 g/mol. The molecule has 0 aliphatic rings. The van der Waals surface area contributed by atoms with Crippen LogP contribution in [0.2, 0.25) is 0 Å². The Balaban J connectivity index is 0.00000324. The molecule has 2 N–H and O–H groups in total. The first-order chi connectivity index (χ1) is 8.38. The second kappa shape index (κ2) is 8.21. The summed E-state index contributed by atoms with van der Waals surface area (Å²) < 4.78 is 27.8. The molecule has 0 saturated heterocycles. The van der Waals surface area contributed by atoms with E-state index in [4.69, 9.17) is 0 Å². The highest BCUT2D eigenvalue weighted by molar-refractivity contribution is 9.10. The minimum Gasteiger partial charge on any atom is -0.316 e. The number of rotatable bonds is 6. The standard InChI is InChI=1S/C12H19BrN2O2S.ClH/c1-4-14-5-6-15-18(16,17)12-8-9(2)11(13)7-10(12)3;/h7-8,14-15H,4-6H2,1-3H3;1H. The third kappa shape index (κ3) is 5.39. The highest BCUT2D eigenvalue weighted by Gasteiger charge is 2.17. The molecule has 0 unspecified atom stereocenters. The summed E-state index contributed by atoms with van der Waals surface area (Å²) in [7, 11) is -3.42. The normalized spacial score (nSPS) is 11.2. The lowest BCUT2D eigenvalue weighted by molar-refractivity contribution is 0.576. The molecule has 0 bridgehead atoms. The van der Waals surface area contributed by atoms with Crippen LogP contribution in [0.5, 0.6) is 0 Å². The lowest BCUT2D eigenvalue weighted by atomic mass is 10.2. The van der Waals surface area contributed by atoms with Crippen molar-refractivity contribution in [3.8, 4) is 0 Å². The lowest BCUT2D eigenvalue weighted by Gasteiger charge is -2.11. The predicted molar refractivity (Wildman–Crippen MR) is 84.6 cm³/mol. The van der Waals surface area contributed by atoms with Gasteiger partial charge in [0.1, 0.15) is 0 Å². The summed E-state index contributed by atoms with van der Waals surface area (Å²) in [6.07, 6.45) is 0. The van der Waals surface area contributed by atoms with E-state index in [9.17, 15) is 8.42 Å². The maximum atomic E-state index is 12.1. The molecule has 0 saturated carbocycles. The molecule has 0 aliphatic carbocycles. The van der Waals surface area contributed by atoms with Gasteiger partial charge < -0.3 is 5.32 Å². The molecule has 7 heteroatoms. The Kier molecular flexibility index (Phi) is 8.15. The Bertz CT molecular complexity index is 521. The zero-order chi connectivity index (χ0) is 13.8. The van der Waals surface area contributed by atoms with E-state index in [-0.39, 0.29) is 12.4 Å². The van der Waals surface area contributed by atoms with E-state index >= 15 is 0 Å². The van der Waals surface area contributed by atoms with Gasteiger partial charge in [-0.05, 0) is 43.7 Å². The summed E-state index contributed by atoms with van der Waals surface area (Å²) in [6.45, 7) is 7.51. The van der Waals surface area contributed by atoms with Crippen molar-refractivity contribution < 1.29 is 8.42 Å². The monoisotopic (exact) mass is 370 g/mol. The average molecular weight is 372 g/mol. The van der Waals surface area contributed by atoms with Crippen LogP contribution in [0.1, 0.15) is 18.1 Å². The quantitative estimate of drug-likeness (QED) is 0.755. The molecule has 1 aromatic carbocycles. The van der Waals surface area contributed by atoms with Crippen LogP contribution >= 0.6 is 28.3 Å². The van der Waals surface area contributed by atoms with Gasteiger partial charge in [0.15, 0.2) is 0 Å². The Hall–Kier alpha value is -0.140. The first-order valence-electron chi connectivity index (χ1n) is 5.85. The number of nitrogens with one attached hydrogen (secondary N) is 2. The van der Waals surface area contributed by atoms with Crippen LogP contribution in [-0.2, 0) is 10.0 Å². The lowest BCUT2D eigenvalue weighted by Crippen LogP contribution is -2.32. The van der Waals surface area contributed by atoms with Gasteiger partial charge in [0.25, 0.3) is 0 Å². The number of hydrogen-bond donors (Lipinski definition) is 2. The van der Waals surface area contributed by atoms with E-state index in [0.717, 1.165) is 22.1 Å². The van der Waals surface area contributed by atoms with Gasteiger partial charge in [0.05, 0.1) is 4.90 Å². The zero-order valence-corrected chi connectivity index (χ0v) is 14.5. The van der Waals surface area contributed by atoms with Gasteiger partial charge in [0, 0.05) is 17.6 Å². The van der Waals surface area contributed by atoms with E-state index in [1.54, 1.807) is 13.0 Å². The van der Waals surface area contributed by atoms with Gasteiger partial charge in [-0.15, -0.1) is 12.4 Å². The largest absolute Gasteiger partial charge is 0.316 e. The highest BCUT2D eigenvalue weighted by atomic mass is 79.9. The second-order valence-corrected chi connectivity index (χ2v) is 6.71. The van der Waals surface area contributed by atoms with Crippen LogP contribution < -0.4 is 10.0 Å². The van der Waals surface area contributed by atoms with E-state index < -0.39 is 10.0 Å². The Morgan fingerprint density at radius 1 is 1.16 bits per heavy atom. The molecule has 4 nitrogen and oxygen atoms in total. The molecule has 0 radical (unpaired) electrons. The first kappa shape index (κ1) is 18.9. The third-order valence-electron chi connectivity index (χ3n) is 2.59. The summed E-state index contributed by atoms with van der Waals surface area (Å²) >= 11 is 3.39. The molecule has 0 heterocycles. The maximum absolute atomic E-state index is 12.1. The molecule has 0 spiro atoms. The van der Waals surface area contributed by atoms with Gasteiger partial charge in [-0.2, -0.15) is 0 Å². The second-order valence-electron chi connectivity index (χ2n) is 4.12. The van der Waals surface area contributed by atoms with Crippen molar-refractivity contribution >= 4 is 38.4 Å². The van der Waals surface area contributed by atoms with Crippen LogP contribution in [0.3, 0.4) is 0 Å². The van der Waals surface area contributed by atoms with Gasteiger partial charge in [-0.25, -0.2) is 13.1 Å². The van der Waals surface area contributed by atoms with Gasteiger partial charge in [0.2, 0.25) is 10.0 Å².